The van der Waals surface area contributed by atoms with Crippen LogP contribution in [0.1, 0.15) is 19.4 Å². The first kappa shape index (κ1) is 17.6. The number of ether oxygens (including phenoxy) is 3. The second-order valence-corrected chi connectivity index (χ2v) is 5.29. The zero-order chi connectivity index (χ0) is 18.1. The van der Waals surface area contributed by atoms with Gasteiger partial charge in [0.1, 0.15) is 5.75 Å². The van der Waals surface area contributed by atoms with E-state index in [4.69, 9.17) is 14.2 Å². The molecule has 1 aliphatic heterocycles. The third-order valence-corrected chi connectivity index (χ3v) is 3.02. The molecule has 0 atom stereocenters. The molecule has 0 aromatic heterocycles. The van der Waals surface area contributed by atoms with Gasteiger partial charge in [0.15, 0.2) is 5.57 Å². The van der Waals surface area contributed by atoms with Crippen molar-refractivity contribution < 1.29 is 37.0 Å². The van der Waals surface area contributed by atoms with Gasteiger partial charge in [-0.3, -0.25) is 0 Å². The molecule has 1 fully saturated rings. The van der Waals surface area contributed by atoms with Crippen molar-refractivity contribution in [3.63, 3.8) is 0 Å². The molecule has 9 heteroatoms. The summed E-state index contributed by atoms with van der Waals surface area (Å²) in [4.78, 5) is 23.6. The van der Waals surface area contributed by atoms with Crippen LogP contribution in [0.5, 0.6) is 5.75 Å². The van der Waals surface area contributed by atoms with Crippen LogP contribution in [0, 0.1) is 0 Å². The van der Waals surface area contributed by atoms with Crippen LogP contribution in [0.15, 0.2) is 30.0 Å². The van der Waals surface area contributed by atoms with E-state index < -0.39 is 35.0 Å². The quantitative estimate of drug-likeness (QED) is 0.516. The van der Waals surface area contributed by atoms with Crippen LogP contribution < -0.4 is 10.1 Å². The lowest BCUT2D eigenvalue weighted by atomic mass is 10.1. The highest BCUT2D eigenvalue weighted by Crippen LogP contribution is 2.35. The average molecular weight is 345 g/mol. The van der Waals surface area contributed by atoms with E-state index in [2.05, 4.69) is 5.32 Å². The lowest BCUT2D eigenvalue weighted by Gasteiger charge is -2.29. The second-order valence-electron chi connectivity index (χ2n) is 5.29. The van der Waals surface area contributed by atoms with E-state index in [1.807, 2.05) is 0 Å². The molecule has 2 rings (SSSR count). The Bertz CT molecular complexity index is 688. The predicted molar refractivity (Wildman–Crippen MR) is 76.0 cm³/mol. The fraction of sp³-hybridized carbons (Fsp3) is 0.333. The number of esters is 2. The molecule has 0 spiro atoms. The number of methoxy groups -OCH3 is 1. The van der Waals surface area contributed by atoms with Crippen molar-refractivity contribution in [1.82, 2.24) is 0 Å². The van der Waals surface area contributed by atoms with Gasteiger partial charge in [0.05, 0.1) is 18.4 Å². The number of cyclic esters (lactones) is 2. The lowest BCUT2D eigenvalue weighted by Crippen LogP contribution is -2.42. The standard InChI is InChI=1S/C15H14F3NO5/c1-14(2)23-12(20)9(13(21)24-14)7-19-10-6-8(15(16,17)18)4-5-11(10)22-3/h4-7,19H,1-3H3. The molecule has 0 radical (unpaired) electrons. The summed E-state index contributed by atoms with van der Waals surface area (Å²) in [6.07, 6.45) is -3.64. The maximum absolute atomic E-state index is 12.8. The van der Waals surface area contributed by atoms with Gasteiger partial charge in [-0.15, -0.1) is 0 Å². The summed E-state index contributed by atoms with van der Waals surface area (Å²) < 4.78 is 53.0. The van der Waals surface area contributed by atoms with Crippen LogP contribution >= 0.6 is 0 Å². The van der Waals surface area contributed by atoms with E-state index in [1.165, 1.54) is 21.0 Å². The third kappa shape index (κ3) is 3.79. The Morgan fingerprint density at radius 3 is 2.25 bits per heavy atom. The Kier molecular flexibility index (Phi) is 4.46. The minimum atomic E-state index is -4.55. The topological polar surface area (TPSA) is 73.9 Å². The molecular formula is C15H14F3NO5. The third-order valence-electron chi connectivity index (χ3n) is 3.02. The number of hydrogen-bond donors (Lipinski definition) is 1. The van der Waals surface area contributed by atoms with Crippen LogP contribution in [-0.4, -0.2) is 24.8 Å². The largest absolute Gasteiger partial charge is 0.495 e. The highest BCUT2D eigenvalue weighted by molar-refractivity contribution is 6.15. The molecule has 1 heterocycles. The highest BCUT2D eigenvalue weighted by atomic mass is 19.4. The summed E-state index contributed by atoms with van der Waals surface area (Å²) in [7, 11) is 1.27. The molecule has 1 saturated heterocycles. The molecule has 1 aliphatic rings. The van der Waals surface area contributed by atoms with Crippen molar-refractivity contribution in [1.29, 1.82) is 0 Å². The molecule has 1 N–H and O–H groups in total. The van der Waals surface area contributed by atoms with Gasteiger partial charge < -0.3 is 19.5 Å². The summed E-state index contributed by atoms with van der Waals surface area (Å²) in [6.45, 7) is 2.76. The molecule has 130 valence electrons. The molecule has 24 heavy (non-hydrogen) atoms. The SMILES string of the molecule is COc1ccc(C(F)(F)F)cc1NC=C1C(=O)OC(C)(C)OC1=O. The number of halogens is 3. The molecule has 1 aromatic rings. The fourth-order valence-electron chi connectivity index (χ4n) is 1.93. The van der Waals surface area contributed by atoms with Gasteiger partial charge in [0, 0.05) is 20.0 Å². The molecule has 0 unspecified atom stereocenters. The van der Waals surface area contributed by atoms with Gasteiger partial charge in [-0.25, -0.2) is 9.59 Å². The lowest BCUT2D eigenvalue weighted by molar-refractivity contribution is -0.222. The maximum Gasteiger partial charge on any atom is 0.416 e. The van der Waals surface area contributed by atoms with E-state index in [9.17, 15) is 22.8 Å². The number of hydrogen-bond acceptors (Lipinski definition) is 6. The fourth-order valence-corrected chi connectivity index (χ4v) is 1.93. The van der Waals surface area contributed by atoms with E-state index >= 15 is 0 Å². The van der Waals surface area contributed by atoms with E-state index in [1.54, 1.807) is 0 Å². The summed E-state index contributed by atoms with van der Waals surface area (Å²) in [6, 6.07) is 2.76. The number of rotatable bonds is 3. The van der Waals surface area contributed by atoms with Gasteiger partial charge >= 0.3 is 18.1 Å². The number of carbonyl (C=O) groups is 2. The first-order chi connectivity index (χ1) is 11.0. The summed E-state index contributed by atoms with van der Waals surface area (Å²) >= 11 is 0. The Hall–Kier alpha value is -2.71. The van der Waals surface area contributed by atoms with Crippen molar-refractivity contribution in [3.05, 3.63) is 35.5 Å². The highest BCUT2D eigenvalue weighted by Gasteiger charge is 2.39. The first-order valence-electron chi connectivity index (χ1n) is 6.72. The van der Waals surface area contributed by atoms with Crippen LogP contribution in [0.2, 0.25) is 0 Å². The van der Waals surface area contributed by atoms with Gasteiger partial charge in [0.25, 0.3) is 5.79 Å². The van der Waals surface area contributed by atoms with Gasteiger partial charge in [-0.1, -0.05) is 0 Å². The van der Waals surface area contributed by atoms with Crippen LogP contribution in [-0.2, 0) is 25.2 Å². The van der Waals surface area contributed by atoms with E-state index in [-0.39, 0.29) is 11.4 Å². The minimum absolute atomic E-state index is 0.0785. The molecule has 0 saturated carbocycles. The van der Waals surface area contributed by atoms with Crippen LogP contribution in [0.4, 0.5) is 18.9 Å². The Balaban J connectivity index is 2.31. The van der Waals surface area contributed by atoms with Gasteiger partial charge in [-0.05, 0) is 18.2 Å². The summed E-state index contributed by atoms with van der Waals surface area (Å²) in [5.74, 6) is -3.21. The molecule has 0 bridgehead atoms. The molecule has 1 aromatic carbocycles. The molecule has 6 nitrogen and oxygen atoms in total. The van der Waals surface area contributed by atoms with Crippen molar-refractivity contribution in [2.45, 2.75) is 25.8 Å². The maximum atomic E-state index is 12.8. The number of carbonyl (C=O) groups excluding carboxylic acids is 2. The van der Waals surface area contributed by atoms with Crippen LogP contribution in [0.3, 0.4) is 0 Å². The van der Waals surface area contributed by atoms with Gasteiger partial charge in [0.2, 0.25) is 0 Å². The Labute approximate surface area is 135 Å². The predicted octanol–water partition coefficient (Wildman–Crippen LogP) is 2.85. The Morgan fingerprint density at radius 2 is 1.75 bits per heavy atom. The minimum Gasteiger partial charge on any atom is -0.495 e. The smallest absolute Gasteiger partial charge is 0.416 e. The number of benzene rings is 1. The second kappa shape index (κ2) is 6.06. The van der Waals surface area contributed by atoms with Crippen molar-refractivity contribution in [2.75, 3.05) is 12.4 Å². The molecule has 0 aliphatic carbocycles. The van der Waals surface area contributed by atoms with Crippen molar-refractivity contribution in [2.24, 2.45) is 0 Å². The van der Waals surface area contributed by atoms with Gasteiger partial charge in [-0.2, -0.15) is 13.2 Å². The number of anilines is 1. The monoisotopic (exact) mass is 345 g/mol. The zero-order valence-corrected chi connectivity index (χ0v) is 13.0. The van der Waals surface area contributed by atoms with Crippen LogP contribution in [0.25, 0.3) is 0 Å². The van der Waals surface area contributed by atoms with E-state index in [0.29, 0.717) is 0 Å². The summed E-state index contributed by atoms with van der Waals surface area (Å²) in [5.41, 5.74) is -1.47. The molecule has 0 amide bonds. The zero-order valence-electron chi connectivity index (χ0n) is 13.0. The van der Waals surface area contributed by atoms with Crippen molar-refractivity contribution >= 4 is 17.6 Å². The summed E-state index contributed by atoms with van der Waals surface area (Å²) in [5, 5.41) is 2.45. The normalized spacial score (nSPS) is 17.0. The molecular weight excluding hydrogens is 331 g/mol. The average Bonchev–Trinajstić information content (AvgIpc) is 2.43. The first-order valence-corrected chi connectivity index (χ1v) is 6.72. The van der Waals surface area contributed by atoms with E-state index in [0.717, 1.165) is 24.4 Å². The number of alkyl halides is 3. The van der Waals surface area contributed by atoms with Crippen molar-refractivity contribution in [3.8, 4) is 5.75 Å². The number of nitrogens with one attached hydrogen (secondary N) is 1. The Morgan fingerprint density at radius 1 is 1.17 bits per heavy atom.